The maximum absolute atomic E-state index is 12.6. The van der Waals surface area contributed by atoms with Crippen molar-refractivity contribution in [1.29, 1.82) is 0 Å². The van der Waals surface area contributed by atoms with Crippen LogP contribution in [0.5, 0.6) is 5.75 Å². The third-order valence-corrected chi connectivity index (χ3v) is 6.16. The molecule has 0 saturated heterocycles. The number of para-hydroxylation sites is 1. The molecule has 1 amide bonds. The highest BCUT2D eigenvalue weighted by Gasteiger charge is 2.25. The summed E-state index contributed by atoms with van der Waals surface area (Å²) < 4.78 is 5.53. The lowest BCUT2D eigenvalue weighted by molar-refractivity contribution is -0.120. The van der Waals surface area contributed by atoms with Crippen LogP contribution in [0.25, 0.3) is 0 Å². The van der Waals surface area contributed by atoms with Crippen molar-refractivity contribution < 1.29 is 9.53 Å². The Morgan fingerprint density at radius 3 is 2.24 bits per heavy atom. The van der Waals surface area contributed by atoms with E-state index in [-0.39, 0.29) is 43.4 Å². The molecule has 0 aromatic heterocycles. The van der Waals surface area contributed by atoms with E-state index in [1.165, 1.54) is 0 Å². The number of carbonyl (C=O) groups is 1. The quantitative estimate of drug-likeness (QED) is 0.414. The molecular formula is C17H12Cl5NO2. The smallest absolute Gasteiger partial charge is 0.264 e. The zero-order valence-electron chi connectivity index (χ0n) is 12.8. The Hall–Kier alpha value is -0.840. The molecule has 0 saturated carbocycles. The van der Waals surface area contributed by atoms with Crippen LogP contribution in [0.4, 0.5) is 5.69 Å². The van der Waals surface area contributed by atoms with Crippen molar-refractivity contribution in [3.63, 3.8) is 0 Å². The lowest BCUT2D eigenvalue weighted by Crippen LogP contribution is -2.38. The molecule has 0 fully saturated rings. The van der Waals surface area contributed by atoms with E-state index >= 15 is 0 Å². The number of carbonyl (C=O) groups excluding carboxylic acids is 1. The predicted octanol–water partition coefficient (Wildman–Crippen LogP) is 6.31. The van der Waals surface area contributed by atoms with Gasteiger partial charge in [-0.1, -0.05) is 76.2 Å². The number of ether oxygens (including phenoxy) is 1. The third kappa shape index (κ3) is 3.67. The Kier molecular flexibility index (Phi) is 5.92. The molecule has 1 heterocycles. The van der Waals surface area contributed by atoms with Crippen molar-refractivity contribution in [3.8, 4) is 5.75 Å². The molecule has 0 spiro atoms. The molecule has 2 aromatic rings. The standard InChI is InChI=1S/C17H12Cl5NO2/c18-12-13(19)15(21)17(16(22)14(12)20)25-8-11(24)23-7-3-5-9-4-1-2-6-10(9)23/h1-2,4,6H,3,5,7-8H2. The number of fused-ring (bicyclic) bond motifs is 1. The number of aryl methyl sites for hydroxylation is 1. The Morgan fingerprint density at radius 1 is 0.960 bits per heavy atom. The number of rotatable bonds is 3. The highest BCUT2D eigenvalue weighted by Crippen LogP contribution is 2.48. The molecule has 0 atom stereocenters. The predicted molar refractivity (Wildman–Crippen MR) is 104 cm³/mol. The van der Waals surface area contributed by atoms with Crippen LogP contribution in [0.2, 0.25) is 25.1 Å². The monoisotopic (exact) mass is 437 g/mol. The number of nitrogens with zero attached hydrogens (tertiary/aromatic N) is 1. The van der Waals surface area contributed by atoms with Gasteiger partial charge in [-0.05, 0) is 24.5 Å². The first-order valence-corrected chi connectivity index (χ1v) is 9.33. The molecule has 0 N–H and O–H groups in total. The van der Waals surface area contributed by atoms with Crippen LogP contribution < -0.4 is 9.64 Å². The first-order valence-electron chi connectivity index (χ1n) is 7.44. The minimum Gasteiger partial charge on any atom is -0.481 e. The number of amides is 1. The Morgan fingerprint density at radius 2 is 1.56 bits per heavy atom. The van der Waals surface area contributed by atoms with Gasteiger partial charge in [-0.25, -0.2) is 0 Å². The summed E-state index contributed by atoms with van der Waals surface area (Å²) in [7, 11) is 0. The van der Waals surface area contributed by atoms with Crippen molar-refractivity contribution in [3.05, 3.63) is 54.9 Å². The Balaban J connectivity index is 1.81. The van der Waals surface area contributed by atoms with Gasteiger partial charge < -0.3 is 9.64 Å². The van der Waals surface area contributed by atoms with Gasteiger partial charge in [0.15, 0.2) is 12.4 Å². The van der Waals surface area contributed by atoms with Crippen molar-refractivity contribution in [2.45, 2.75) is 12.8 Å². The van der Waals surface area contributed by atoms with E-state index in [2.05, 4.69) is 0 Å². The number of benzene rings is 2. The minimum atomic E-state index is -0.248. The molecule has 2 aromatic carbocycles. The number of anilines is 1. The van der Waals surface area contributed by atoms with E-state index in [1.807, 2.05) is 24.3 Å². The van der Waals surface area contributed by atoms with Gasteiger partial charge in [-0.15, -0.1) is 0 Å². The number of hydrogen-bond donors (Lipinski definition) is 0. The second-order valence-corrected chi connectivity index (χ2v) is 7.36. The summed E-state index contributed by atoms with van der Waals surface area (Å²) in [6.45, 7) is 0.380. The molecule has 25 heavy (non-hydrogen) atoms. The van der Waals surface area contributed by atoms with E-state index in [9.17, 15) is 4.79 Å². The van der Waals surface area contributed by atoms with Gasteiger partial charge in [0.2, 0.25) is 0 Å². The summed E-state index contributed by atoms with van der Waals surface area (Å²) in [6, 6.07) is 7.79. The molecule has 3 nitrogen and oxygen atoms in total. The van der Waals surface area contributed by atoms with Crippen molar-refractivity contribution in [2.24, 2.45) is 0 Å². The average Bonchev–Trinajstić information content (AvgIpc) is 2.64. The molecule has 1 aliphatic heterocycles. The van der Waals surface area contributed by atoms with Crippen LogP contribution in [0.1, 0.15) is 12.0 Å². The zero-order valence-corrected chi connectivity index (χ0v) is 16.6. The van der Waals surface area contributed by atoms with E-state index in [0.29, 0.717) is 6.54 Å². The second-order valence-electron chi connectivity index (χ2n) is 5.47. The Bertz CT molecular complexity index is 811. The number of halogens is 5. The van der Waals surface area contributed by atoms with Crippen LogP contribution >= 0.6 is 58.0 Å². The summed E-state index contributed by atoms with van der Waals surface area (Å²) in [5.74, 6) is -0.164. The third-order valence-electron chi connectivity index (χ3n) is 3.92. The fraction of sp³-hybridized carbons (Fsp3) is 0.235. The SMILES string of the molecule is O=C(COc1c(Cl)c(Cl)c(Cl)c(Cl)c1Cl)N1CCCc2ccccc21. The summed E-state index contributed by atoms with van der Waals surface area (Å²) in [6.07, 6.45) is 1.84. The molecule has 0 bridgehead atoms. The molecule has 8 heteroatoms. The van der Waals surface area contributed by atoms with Gasteiger partial charge in [0.05, 0.1) is 15.1 Å². The van der Waals surface area contributed by atoms with Gasteiger partial charge in [-0.2, -0.15) is 0 Å². The molecule has 132 valence electrons. The summed E-state index contributed by atoms with van der Waals surface area (Å²) in [5.41, 5.74) is 2.03. The minimum absolute atomic E-state index is 0.0212. The van der Waals surface area contributed by atoms with Gasteiger partial charge >= 0.3 is 0 Å². The van der Waals surface area contributed by atoms with Gasteiger partial charge in [0, 0.05) is 12.2 Å². The normalized spacial score (nSPS) is 13.6. The van der Waals surface area contributed by atoms with Gasteiger partial charge in [-0.3, -0.25) is 4.79 Å². The van der Waals surface area contributed by atoms with Crippen molar-refractivity contribution in [2.75, 3.05) is 18.1 Å². The number of hydrogen-bond acceptors (Lipinski definition) is 2. The van der Waals surface area contributed by atoms with Crippen LogP contribution in [-0.4, -0.2) is 19.1 Å². The maximum Gasteiger partial charge on any atom is 0.264 e. The van der Waals surface area contributed by atoms with E-state index in [0.717, 1.165) is 24.1 Å². The van der Waals surface area contributed by atoms with Crippen LogP contribution in [0, 0.1) is 0 Å². The maximum atomic E-state index is 12.6. The van der Waals surface area contributed by atoms with E-state index < -0.39 is 0 Å². The van der Waals surface area contributed by atoms with E-state index in [4.69, 9.17) is 62.7 Å². The highest BCUT2D eigenvalue weighted by molar-refractivity contribution is 6.55. The molecule has 0 aliphatic carbocycles. The van der Waals surface area contributed by atoms with Crippen LogP contribution in [-0.2, 0) is 11.2 Å². The fourth-order valence-corrected chi connectivity index (χ4v) is 3.95. The summed E-state index contributed by atoms with van der Waals surface area (Å²) in [4.78, 5) is 14.3. The lowest BCUT2D eigenvalue weighted by Gasteiger charge is -2.29. The first-order chi connectivity index (χ1) is 11.9. The Labute approximate surface area is 170 Å². The zero-order chi connectivity index (χ0) is 18.1. The van der Waals surface area contributed by atoms with Gasteiger partial charge in [0.25, 0.3) is 5.91 Å². The second kappa shape index (κ2) is 7.81. The molecule has 1 aliphatic rings. The summed E-state index contributed by atoms with van der Waals surface area (Å²) >= 11 is 30.2. The lowest BCUT2D eigenvalue weighted by atomic mass is 10.0. The van der Waals surface area contributed by atoms with Crippen molar-refractivity contribution in [1.82, 2.24) is 0 Å². The van der Waals surface area contributed by atoms with Gasteiger partial charge in [0.1, 0.15) is 10.0 Å². The fourth-order valence-electron chi connectivity index (χ4n) is 2.72. The molecular weight excluding hydrogens is 427 g/mol. The average molecular weight is 440 g/mol. The first kappa shape index (κ1) is 18.9. The topological polar surface area (TPSA) is 29.5 Å². The van der Waals surface area contributed by atoms with Crippen LogP contribution in [0.3, 0.4) is 0 Å². The van der Waals surface area contributed by atoms with Crippen molar-refractivity contribution >= 4 is 69.6 Å². The molecule has 3 rings (SSSR count). The highest BCUT2D eigenvalue weighted by atomic mass is 35.5. The summed E-state index contributed by atoms with van der Waals surface area (Å²) in [5, 5.41) is 0.148. The van der Waals surface area contributed by atoms with Crippen LogP contribution in [0.15, 0.2) is 24.3 Å². The molecule has 0 unspecified atom stereocenters. The largest absolute Gasteiger partial charge is 0.481 e. The molecule has 0 radical (unpaired) electrons. The van der Waals surface area contributed by atoms with E-state index in [1.54, 1.807) is 4.90 Å².